The van der Waals surface area contributed by atoms with Crippen molar-refractivity contribution in [2.75, 3.05) is 0 Å². The predicted octanol–water partition coefficient (Wildman–Crippen LogP) is 11.4. The van der Waals surface area contributed by atoms with Crippen LogP contribution < -0.4 is 0 Å². The van der Waals surface area contributed by atoms with Crippen LogP contribution in [0.2, 0.25) is 0 Å². The molecule has 4 nitrogen and oxygen atoms in total. The predicted molar refractivity (Wildman–Crippen MR) is 164 cm³/mol. The van der Waals surface area contributed by atoms with E-state index in [2.05, 4.69) is 73.4 Å². The first-order valence-corrected chi connectivity index (χ1v) is 16.5. The van der Waals surface area contributed by atoms with Gasteiger partial charge in [0.2, 0.25) is 0 Å². The fraction of sp³-hybridized carbons (Fsp3) is 0.500. The molecular formula is C28H36Br2CrF6N2O2P-. The van der Waals surface area contributed by atoms with E-state index in [9.17, 15) is 35.4 Å². The first-order chi connectivity index (χ1) is 18.2. The Morgan fingerprint density at radius 2 is 0.976 bits per heavy atom. The zero-order chi connectivity index (χ0) is 31.7. The third kappa shape index (κ3) is 13.7. The van der Waals surface area contributed by atoms with E-state index in [4.69, 9.17) is 9.98 Å². The van der Waals surface area contributed by atoms with Gasteiger partial charge in [0, 0.05) is 40.9 Å². The molecule has 2 atom stereocenters. The molecule has 42 heavy (non-hydrogen) atoms. The van der Waals surface area contributed by atoms with Crippen molar-refractivity contribution in [3.63, 3.8) is 0 Å². The normalized spacial score (nSPS) is 20.0. The number of phenolic OH excluding ortho intramolecular Hbond substituents is 2. The van der Waals surface area contributed by atoms with Crippen molar-refractivity contribution >= 4 is 52.1 Å². The van der Waals surface area contributed by atoms with E-state index in [1.807, 2.05) is 24.3 Å². The van der Waals surface area contributed by atoms with Gasteiger partial charge in [-0.05, 0) is 90.9 Å². The Hall–Kier alpha value is -1.12. The van der Waals surface area contributed by atoms with Crippen molar-refractivity contribution in [2.45, 2.75) is 90.1 Å². The number of benzene rings is 2. The summed E-state index contributed by atoms with van der Waals surface area (Å²) in [6.07, 6.45) is 7.72. The second kappa shape index (κ2) is 13.1. The molecule has 1 aliphatic rings. The van der Waals surface area contributed by atoms with Crippen LogP contribution in [-0.4, -0.2) is 34.7 Å². The second-order valence-electron chi connectivity index (χ2n) is 12.2. The Balaban J connectivity index is 0.000000981. The molecule has 2 aromatic carbocycles. The van der Waals surface area contributed by atoms with Crippen LogP contribution in [0.5, 0.6) is 11.5 Å². The summed E-state index contributed by atoms with van der Waals surface area (Å²) in [6, 6.07) is 8.04. The Morgan fingerprint density at radius 3 is 1.24 bits per heavy atom. The average molecular weight is 789 g/mol. The van der Waals surface area contributed by atoms with Crippen LogP contribution in [0.1, 0.15) is 89.5 Å². The SMILES string of the molecule is CC(C)(C)c1cc(Br)c(O)c(C=N[C@@H]2CCCC[C@H]2N=Cc2cc(C(C)(C)C)cc(Br)c2O)c1.F[P-](F)(F)(F)(F)F.[Cr]. The van der Waals surface area contributed by atoms with Gasteiger partial charge in [-0.15, -0.1) is 0 Å². The Bertz CT molecular complexity index is 1230. The van der Waals surface area contributed by atoms with Crippen molar-refractivity contribution in [1.82, 2.24) is 0 Å². The minimum Gasteiger partial charge on any atom is 0 e. The summed E-state index contributed by atoms with van der Waals surface area (Å²) in [5.41, 5.74) is 3.63. The summed E-state index contributed by atoms with van der Waals surface area (Å²) >= 11 is 6.97. The van der Waals surface area contributed by atoms with Crippen LogP contribution in [0.3, 0.4) is 0 Å². The monoisotopic (exact) mass is 787 g/mol. The maximum Gasteiger partial charge on any atom is 0 e. The molecule has 1 fully saturated rings. The van der Waals surface area contributed by atoms with Crippen molar-refractivity contribution in [1.29, 1.82) is 0 Å². The van der Waals surface area contributed by atoms with Crippen LogP contribution in [0, 0.1) is 0 Å². The van der Waals surface area contributed by atoms with Gasteiger partial charge < -0.3 is 10.2 Å². The third-order valence-electron chi connectivity index (χ3n) is 6.42. The number of hydrogen-bond donors (Lipinski definition) is 2. The summed E-state index contributed by atoms with van der Waals surface area (Å²) < 4.78 is 60.6. The molecule has 14 heteroatoms. The Morgan fingerprint density at radius 1 is 0.690 bits per heavy atom. The zero-order valence-corrected chi connectivity index (χ0v) is 29.5. The molecule has 0 saturated heterocycles. The van der Waals surface area contributed by atoms with E-state index in [1.54, 1.807) is 12.4 Å². The molecule has 1 aliphatic carbocycles. The van der Waals surface area contributed by atoms with Gasteiger partial charge >= 0.3 is 33.0 Å². The number of halogens is 8. The van der Waals surface area contributed by atoms with Gasteiger partial charge in [0.05, 0.1) is 21.0 Å². The molecule has 0 radical (unpaired) electrons. The van der Waals surface area contributed by atoms with Crippen molar-refractivity contribution in [3.8, 4) is 11.5 Å². The fourth-order valence-corrected chi connectivity index (χ4v) is 5.05. The van der Waals surface area contributed by atoms with Gasteiger partial charge in [-0.25, -0.2) is 0 Å². The second-order valence-corrected chi connectivity index (χ2v) is 15.9. The standard InChI is InChI=1S/C28H36Br2N2O2.Cr.F6P/c1-27(2,3)19-11-17(25(33)21(29)13-19)15-31-23-9-7-8-10-24(23)32-16-18-12-20(28(4,5)6)14-22(30)26(18)34;;1-7(2,3,4,5)6/h11-16,23-24,33-34H,7-10H2,1-6H3;;/q;;-1/t23-,24-;;/m1../s1. The molecule has 0 aromatic heterocycles. The maximum atomic E-state index is 10.6. The summed E-state index contributed by atoms with van der Waals surface area (Å²) in [5, 5.41) is 21.2. The van der Waals surface area contributed by atoms with Crippen LogP contribution in [0.25, 0.3) is 0 Å². The van der Waals surface area contributed by atoms with E-state index in [0.29, 0.717) is 20.1 Å². The van der Waals surface area contributed by atoms with E-state index in [-0.39, 0.29) is 51.8 Å². The van der Waals surface area contributed by atoms with E-state index >= 15 is 0 Å². The van der Waals surface area contributed by atoms with Crippen LogP contribution in [0.4, 0.5) is 25.2 Å². The minimum absolute atomic E-state index is 0. The summed E-state index contributed by atoms with van der Waals surface area (Å²) in [6.45, 7) is 12.9. The minimum atomic E-state index is -10.7. The molecule has 0 amide bonds. The topological polar surface area (TPSA) is 65.2 Å². The van der Waals surface area contributed by atoms with Gasteiger partial charge in [0.25, 0.3) is 0 Å². The number of aliphatic imine (C=N–C) groups is 2. The number of nitrogens with zero attached hydrogens (tertiary/aromatic N) is 2. The van der Waals surface area contributed by atoms with Crippen LogP contribution in [-0.2, 0) is 28.2 Å². The largest absolute Gasteiger partial charge is 0 e. The van der Waals surface area contributed by atoms with Gasteiger partial charge in [-0.3, -0.25) is 9.98 Å². The first kappa shape index (κ1) is 38.9. The molecule has 0 heterocycles. The van der Waals surface area contributed by atoms with Crippen LogP contribution >= 0.6 is 39.7 Å². The zero-order valence-electron chi connectivity index (χ0n) is 24.1. The van der Waals surface area contributed by atoms with Crippen molar-refractivity contribution < 1.29 is 52.8 Å². The molecule has 0 aliphatic heterocycles. The molecule has 3 rings (SSSR count). The van der Waals surface area contributed by atoms with Crippen molar-refractivity contribution in [2.24, 2.45) is 9.98 Å². The summed E-state index contributed by atoms with van der Waals surface area (Å²) in [4.78, 5) is 9.76. The third-order valence-corrected chi connectivity index (χ3v) is 7.63. The summed E-state index contributed by atoms with van der Waals surface area (Å²) in [7, 11) is -10.7. The molecule has 2 N–H and O–H groups in total. The molecule has 2 aromatic rings. The van der Waals surface area contributed by atoms with E-state index < -0.39 is 7.81 Å². The van der Waals surface area contributed by atoms with Gasteiger partial charge in [-0.1, -0.05) is 54.4 Å². The van der Waals surface area contributed by atoms with Crippen molar-refractivity contribution in [3.05, 3.63) is 55.5 Å². The quantitative estimate of drug-likeness (QED) is 0.184. The van der Waals surface area contributed by atoms with Crippen LogP contribution in [0.15, 0.2) is 43.2 Å². The number of aromatic hydroxyl groups is 2. The fourth-order valence-electron chi connectivity index (χ4n) is 4.10. The Kier molecular flexibility index (Phi) is 12.1. The number of hydrogen-bond acceptors (Lipinski definition) is 4. The first-order valence-electron chi connectivity index (χ1n) is 12.9. The number of rotatable bonds is 4. The average Bonchev–Trinajstić information content (AvgIpc) is 2.78. The molecule has 0 unspecified atom stereocenters. The molecule has 0 spiro atoms. The smallest absolute Gasteiger partial charge is 0 e. The van der Waals surface area contributed by atoms with E-state index in [0.717, 1.165) is 36.8 Å². The molecular weight excluding hydrogens is 753 g/mol. The molecule has 0 bridgehead atoms. The number of phenols is 2. The Labute approximate surface area is 270 Å². The summed E-state index contributed by atoms with van der Waals surface area (Å²) in [5.74, 6) is 0.419. The molecule has 238 valence electrons. The van der Waals surface area contributed by atoms with Gasteiger partial charge in [-0.2, -0.15) is 0 Å². The van der Waals surface area contributed by atoms with Gasteiger partial charge in [0.15, 0.2) is 0 Å². The van der Waals surface area contributed by atoms with Gasteiger partial charge in [0.1, 0.15) is 11.5 Å². The maximum absolute atomic E-state index is 10.7. The van der Waals surface area contributed by atoms with E-state index in [1.165, 1.54) is 0 Å². The molecule has 1 saturated carbocycles.